The second kappa shape index (κ2) is 11.3. The van der Waals surface area contributed by atoms with Crippen LogP contribution in [-0.2, 0) is 0 Å². The number of hydrogen-bond donors (Lipinski definition) is 0. The van der Waals surface area contributed by atoms with Gasteiger partial charge in [-0.05, 0) is 95.1 Å². The molecule has 0 radical (unpaired) electrons. The molecule has 0 aliphatic carbocycles. The van der Waals surface area contributed by atoms with Crippen LogP contribution >= 0.6 is 11.3 Å². The number of hydrogen-bond acceptors (Lipinski definition) is 2. The molecule has 4 heterocycles. The van der Waals surface area contributed by atoms with E-state index in [1.165, 1.54) is 69.6 Å². The maximum absolute atomic E-state index is 6.61. The maximum Gasteiger partial charge on any atom is 0.213 e. The van der Waals surface area contributed by atoms with Gasteiger partial charge in [0.1, 0.15) is 5.58 Å². The van der Waals surface area contributed by atoms with Crippen molar-refractivity contribution in [3.8, 4) is 33.6 Å². The number of furan rings is 1. The van der Waals surface area contributed by atoms with Gasteiger partial charge in [-0.15, -0.1) is 11.3 Å². The van der Waals surface area contributed by atoms with Crippen molar-refractivity contribution in [2.75, 3.05) is 0 Å². The zero-order valence-corrected chi connectivity index (χ0v) is 29.8. The summed E-state index contributed by atoms with van der Waals surface area (Å²) in [5.41, 5.74) is 12.4. The summed E-state index contributed by atoms with van der Waals surface area (Å²) in [5.74, 6) is 0. The van der Waals surface area contributed by atoms with Crippen LogP contribution in [0.3, 0.4) is 0 Å². The Kier molecular flexibility index (Phi) is 6.21. The molecule has 252 valence electrons. The molecule has 0 spiro atoms. The van der Waals surface area contributed by atoms with E-state index in [1.54, 1.807) is 0 Å². The predicted molar refractivity (Wildman–Crippen MR) is 229 cm³/mol. The average Bonchev–Trinajstić information content (AvgIpc) is 3.98. The highest BCUT2D eigenvalue weighted by Crippen LogP contribution is 2.45. The molecule has 4 heteroatoms. The van der Waals surface area contributed by atoms with E-state index in [-0.39, 0.29) is 0 Å². The molecule has 0 atom stereocenters. The van der Waals surface area contributed by atoms with Gasteiger partial charge >= 0.3 is 0 Å². The van der Waals surface area contributed by atoms with E-state index >= 15 is 0 Å². The summed E-state index contributed by atoms with van der Waals surface area (Å²) < 4.78 is 13.8. The second-order valence-corrected chi connectivity index (χ2v) is 15.2. The fourth-order valence-corrected chi connectivity index (χ4v) is 9.80. The highest BCUT2D eigenvalue weighted by atomic mass is 32.1. The van der Waals surface area contributed by atoms with Crippen LogP contribution in [0.1, 0.15) is 0 Å². The minimum atomic E-state index is 0.876. The molecule has 12 aromatic rings. The Morgan fingerprint density at radius 2 is 0.944 bits per heavy atom. The molecular weight excluding hydrogens is 677 g/mol. The molecule has 0 fully saturated rings. The molecule has 12 rings (SSSR count). The lowest BCUT2D eigenvalue weighted by Crippen LogP contribution is -1.93. The molecule has 0 bridgehead atoms. The van der Waals surface area contributed by atoms with Gasteiger partial charge < -0.3 is 8.98 Å². The lowest BCUT2D eigenvalue weighted by Gasteiger charge is -2.10. The molecule has 4 aromatic heterocycles. The molecule has 0 aliphatic heterocycles. The molecular formula is C50H30N2OS. The first-order valence-electron chi connectivity index (χ1n) is 18.3. The molecule has 3 nitrogen and oxygen atoms in total. The summed E-state index contributed by atoms with van der Waals surface area (Å²) in [7, 11) is 0. The van der Waals surface area contributed by atoms with Crippen molar-refractivity contribution in [1.82, 2.24) is 9.13 Å². The van der Waals surface area contributed by atoms with E-state index in [0.717, 1.165) is 39.0 Å². The minimum absolute atomic E-state index is 0.876. The number of benzene rings is 8. The number of rotatable bonds is 4. The minimum Gasteiger partial charge on any atom is -0.439 e. The number of fused-ring (bicyclic) bond motifs is 11. The van der Waals surface area contributed by atoms with E-state index < -0.39 is 0 Å². The van der Waals surface area contributed by atoms with Crippen molar-refractivity contribution in [2.45, 2.75) is 0 Å². The summed E-state index contributed by atoms with van der Waals surface area (Å²) >= 11 is 1.86. The van der Waals surface area contributed by atoms with Crippen molar-refractivity contribution >= 4 is 86.3 Å². The Balaban J connectivity index is 1.01. The Morgan fingerprint density at radius 3 is 1.69 bits per heavy atom. The molecule has 0 saturated carbocycles. The predicted octanol–water partition coefficient (Wildman–Crippen LogP) is 14.3. The summed E-state index contributed by atoms with van der Waals surface area (Å²) in [6, 6.07) is 65.9. The second-order valence-electron chi connectivity index (χ2n) is 14.1. The van der Waals surface area contributed by atoms with Crippen LogP contribution in [0, 0.1) is 0 Å². The fraction of sp³-hybridized carbons (Fsp3) is 0. The standard InChI is InChI=1S/C50H30N2OS/c1-2-11-34(12-3-1)52-44-19-10-16-36(48(44)49-39-15-6-9-20-45(39)53-50(49)52)33-24-28-47-41(30-33)40-29-32(23-27-46(40)54-47)31-21-25-35(26-22-31)51-42-17-7-4-13-37(42)38-14-5-8-18-43(38)51/h1-30H. The molecule has 0 saturated heterocycles. The van der Waals surface area contributed by atoms with Crippen molar-refractivity contribution < 1.29 is 4.42 Å². The third-order valence-corrected chi connectivity index (χ3v) is 12.3. The van der Waals surface area contributed by atoms with Gasteiger partial charge in [0.25, 0.3) is 0 Å². The smallest absolute Gasteiger partial charge is 0.213 e. The third kappa shape index (κ3) is 4.23. The van der Waals surface area contributed by atoms with Gasteiger partial charge in [0, 0.05) is 53.1 Å². The average molecular weight is 707 g/mol. The SMILES string of the molecule is c1ccc(-n2c3cccc(-c4ccc5sc6ccc(-c7ccc(-n8c9ccccc9c9ccccc98)cc7)cc6c5c4)c3c3c4ccccc4oc32)cc1. The Morgan fingerprint density at radius 1 is 0.370 bits per heavy atom. The molecule has 0 amide bonds. The van der Waals surface area contributed by atoms with Crippen LogP contribution in [0.5, 0.6) is 0 Å². The fourth-order valence-electron chi connectivity index (χ4n) is 8.73. The van der Waals surface area contributed by atoms with Gasteiger partial charge in [0.2, 0.25) is 5.71 Å². The molecule has 0 unspecified atom stereocenters. The maximum atomic E-state index is 6.61. The third-order valence-electron chi connectivity index (χ3n) is 11.1. The van der Waals surface area contributed by atoms with Gasteiger partial charge in [-0.3, -0.25) is 4.57 Å². The van der Waals surface area contributed by atoms with Crippen molar-refractivity contribution in [1.29, 1.82) is 0 Å². The van der Waals surface area contributed by atoms with E-state index in [9.17, 15) is 0 Å². The highest BCUT2D eigenvalue weighted by Gasteiger charge is 2.22. The summed E-state index contributed by atoms with van der Waals surface area (Å²) in [6.07, 6.45) is 0. The van der Waals surface area contributed by atoms with Crippen LogP contribution in [0.15, 0.2) is 186 Å². The first-order valence-corrected chi connectivity index (χ1v) is 19.2. The zero-order valence-electron chi connectivity index (χ0n) is 29.0. The lowest BCUT2D eigenvalue weighted by atomic mass is 9.97. The first-order chi connectivity index (χ1) is 26.8. The normalized spacial score (nSPS) is 12.1. The largest absolute Gasteiger partial charge is 0.439 e. The molecule has 54 heavy (non-hydrogen) atoms. The number of aromatic nitrogens is 2. The van der Waals surface area contributed by atoms with Gasteiger partial charge in [0.05, 0.1) is 21.9 Å². The Hall–Kier alpha value is -6.88. The van der Waals surface area contributed by atoms with Gasteiger partial charge in [-0.25, -0.2) is 0 Å². The van der Waals surface area contributed by atoms with Crippen molar-refractivity contribution in [3.05, 3.63) is 182 Å². The Labute approximate surface area is 314 Å². The van der Waals surface area contributed by atoms with Crippen LogP contribution in [0.4, 0.5) is 0 Å². The van der Waals surface area contributed by atoms with Crippen LogP contribution in [0.2, 0.25) is 0 Å². The quantitative estimate of drug-likeness (QED) is 0.179. The molecule has 0 aliphatic rings. The summed E-state index contributed by atoms with van der Waals surface area (Å²) in [5, 5.41) is 8.62. The topological polar surface area (TPSA) is 23.0 Å². The number of thiophene rings is 1. The number of para-hydroxylation sites is 4. The lowest BCUT2D eigenvalue weighted by molar-refractivity contribution is 0.645. The Bertz CT molecular complexity index is 3380. The van der Waals surface area contributed by atoms with Crippen LogP contribution in [-0.4, -0.2) is 9.13 Å². The van der Waals surface area contributed by atoms with Crippen molar-refractivity contribution in [3.63, 3.8) is 0 Å². The highest BCUT2D eigenvalue weighted by molar-refractivity contribution is 7.25. The van der Waals surface area contributed by atoms with E-state index in [1.807, 2.05) is 17.4 Å². The molecule has 0 N–H and O–H groups in total. The first kappa shape index (κ1) is 29.7. The van der Waals surface area contributed by atoms with Crippen molar-refractivity contribution in [2.24, 2.45) is 0 Å². The van der Waals surface area contributed by atoms with E-state index in [2.05, 4.69) is 185 Å². The van der Waals surface area contributed by atoms with Gasteiger partial charge in [-0.1, -0.05) is 109 Å². The van der Waals surface area contributed by atoms with Crippen LogP contribution < -0.4 is 0 Å². The summed E-state index contributed by atoms with van der Waals surface area (Å²) in [6.45, 7) is 0. The number of nitrogens with zero attached hydrogens (tertiary/aromatic N) is 2. The zero-order chi connectivity index (χ0) is 35.3. The van der Waals surface area contributed by atoms with E-state index in [0.29, 0.717) is 0 Å². The van der Waals surface area contributed by atoms with Gasteiger partial charge in [0.15, 0.2) is 0 Å². The summed E-state index contributed by atoms with van der Waals surface area (Å²) in [4.78, 5) is 0. The van der Waals surface area contributed by atoms with E-state index in [4.69, 9.17) is 4.42 Å². The van der Waals surface area contributed by atoms with Crippen LogP contribution in [0.25, 0.3) is 109 Å². The monoisotopic (exact) mass is 706 g/mol. The molecule has 8 aromatic carbocycles. The van der Waals surface area contributed by atoms with Gasteiger partial charge in [-0.2, -0.15) is 0 Å².